The molecule has 0 saturated heterocycles. The summed E-state index contributed by atoms with van der Waals surface area (Å²) in [5, 5.41) is 11.9. The summed E-state index contributed by atoms with van der Waals surface area (Å²) in [6, 6.07) is -0.916. The average molecular weight is 444 g/mol. The molecule has 1 heterocycles. The smallest absolute Gasteiger partial charge is 1.00 e. The van der Waals surface area contributed by atoms with Gasteiger partial charge >= 0.3 is 35.5 Å². The molecular weight excluding hydrogens is 401 g/mol. The topological polar surface area (TPSA) is 95.1 Å². The maximum atomic E-state index is 12.0. The van der Waals surface area contributed by atoms with Crippen molar-refractivity contribution in [3.8, 4) is 0 Å². The van der Waals surface area contributed by atoms with Crippen LogP contribution in [0, 0.1) is 0 Å². The molecule has 0 fully saturated rings. The second-order valence-corrected chi connectivity index (χ2v) is 8.07. The Bertz CT molecular complexity index is 597. The van der Waals surface area contributed by atoms with Crippen molar-refractivity contribution in [2.75, 3.05) is 0 Å². The molecule has 3 N–H and O–H groups in total. The molecule has 0 aliphatic carbocycles. The van der Waals surface area contributed by atoms with Crippen molar-refractivity contribution in [2.24, 2.45) is 0 Å². The number of hydrogen-bond donors (Lipinski definition) is 3. The van der Waals surface area contributed by atoms with Crippen LogP contribution >= 0.6 is 0 Å². The number of carbonyl (C=O) groups is 2. The van der Waals surface area contributed by atoms with E-state index in [0.29, 0.717) is 12.1 Å². The minimum absolute atomic E-state index is 0. The van der Waals surface area contributed by atoms with E-state index in [9.17, 15) is 14.7 Å². The van der Waals surface area contributed by atoms with Crippen molar-refractivity contribution in [1.29, 1.82) is 0 Å². The fourth-order valence-electron chi connectivity index (χ4n) is 3.44. The number of nitrogens with one attached hydrogen (secondary N) is 2. The van der Waals surface area contributed by atoms with Crippen LogP contribution in [0.25, 0.3) is 0 Å². The molecular formula is C24H42N3NaO3. The standard InChI is InChI=1S/C24H41N3O3.Na.H/c1-2-3-4-5-6-7-8-9-10-11-12-13-14-15-16-17-23(28)27-22(24(29)30)18-21-19-25-20-26-21;;/h9-10,19-20,22H,2-8,11-18H2,1H3,(H,25,26)(H,27,28)(H,29,30);;/q;+1;-1/b10-9-;;/t22-;;/m0../s1. The van der Waals surface area contributed by atoms with Gasteiger partial charge in [0.2, 0.25) is 5.91 Å². The summed E-state index contributed by atoms with van der Waals surface area (Å²) >= 11 is 0. The quantitative estimate of drug-likeness (QED) is 0.174. The molecule has 7 heteroatoms. The maximum Gasteiger partial charge on any atom is 1.00 e. The van der Waals surface area contributed by atoms with Crippen molar-refractivity contribution in [1.82, 2.24) is 15.3 Å². The van der Waals surface area contributed by atoms with Gasteiger partial charge in [-0.1, -0.05) is 70.4 Å². The van der Waals surface area contributed by atoms with Crippen molar-refractivity contribution < 1.29 is 45.7 Å². The van der Waals surface area contributed by atoms with Crippen molar-refractivity contribution in [3.63, 3.8) is 0 Å². The summed E-state index contributed by atoms with van der Waals surface area (Å²) in [4.78, 5) is 30.1. The molecule has 1 aromatic rings. The third-order valence-electron chi connectivity index (χ3n) is 5.28. The predicted molar refractivity (Wildman–Crippen MR) is 122 cm³/mol. The summed E-state index contributed by atoms with van der Waals surface area (Å²) in [7, 11) is 0. The first kappa shape index (κ1) is 29.9. The zero-order chi connectivity index (χ0) is 21.9. The molecule has 0 unspecified atom stereocenters. The van der Waals surface area contributed by atoms with Gasteiger partial charge in [0.25, 0.3) is 0 Å². The first-order valence-electron chi connectivity index (χ1n) is 11.8. The molecule has 0 aliphatic heterocycles. The Morgan fingerprint density at radius 3 is 2.16 bits per heavy atom. The van der Waals surface area contributed by atoms with Crippen molar-refractivity contribution in [2.45, 2.75) is 109 Å². The first-order chi connectivity index (χ1) is 14.6. The van der Waals surface area contributed by atoms with E-state index in [1.807, 2.05) is 0 Å². The number of aromatic nitrogens is 2. The van der Waals surface area contributed by atoms with E-state index in [-0.39, 0.29) is 43.3 Å². The molecule has 1 aromatic heterocycles. The molecule has 0 saturated carbocycles. The van der Waals surface area contributed by atoms with Gasteiger partial charge in [-0.2, -0.15) is 0 Å². The Morgan fingerprint density at radius 1 is 1.03 bits per heavy atom. The van der Waals surface area contributed by atoms with Gasteiger partial charge in [-0.3, -0.25) is 4.79 Å². The molecule has 6 nitrogen and oxygen atoms in total. The van der Waals surface area contributed by atoms with Gasteiger partial charge < -0.3 is 16.8 Å². The number of imidazole rings is 1. The largest absolute Gasteiger partial charge is 1.00 e. The number of carbonyl (C=O) groups excluding carboxylic acids is 1. The number of allylic oxidation sites excluding steroid dienone is 2. The third-order valence-corrected chi connectivity index (χ3v) is 5.28. The second-order valence-electron chi connectivity index (χ2n) is 8.07. The Labute approximate surface area is 211 Å². The molecule has 0 bridgehead atoms. The third kappa shape index (κ3) is 17.2. The monoisotopic (exact) mass is 443 g/mol. The zero-order valence-electron chi connectivity index (χ0n) is 20.7. The number of nitrogens with zero attached hydrogens (tertiary/aromatic N) is 1. The SMILES string of the molecule is CCCCCCCC/C=C\CCCCCCCC(=O)N[C@@H](Cc1cnc[nH]1)C(=O)O.[H-].[Na+]. The fourth-order valence-corrected chi connectivity index (χ4v) is 3.44. The van der Waals surface area contributed by atoms with Gasteiger partial charge in [-0.05, 0) is 32.1 Å². The van der Waals surface area contributed by atoms with E-state index in [0.717, 1.165) is 25.7 Å². The number of amides is 1. The van der Waals surface area contributed by atoms with Gasteiger partial charge in [-0.15, -0.1) is 0 Å². The van der Waals surface area contributed by atoms with Crippen molar-refractivity contribution >= 4 is 11.9 Å². The Hall–Kier alpha value is -1.11. The van der Waals surface area contributed by atoms with E-state index < -0.39 is 12.0 Å². The normalized spacial score (nSPS) is 11.9. The number of hydrogen-bond acceptors (Lipinski definition) is 3. The molecule has 31 heavy (non-hydrogen) atoms. The maximum absolute atomic E-state index is 12.0. The Morgan fingerprint density at radius 2 is 1.61 bits per heavy atom. The molecule has 172 valence electrons. The Balaban J connectivity index is 0. The van der Waals surface area contributed by atoms with Crippen LogP contribution in [-0.4, -0.2) is 33.0 Å². The van der Waals surface area contributed by atoms with Crippen LogP contribution < -0.4 is 34.9 Å². The summed E-state index contributed by atoms with van der Waals surface area (Å²) < 4.78 is 0. The van der Waals surface area contributed by atoms with E-state index in [2.05, 4.69) is 34.4 Å². The van der Waals surface area contributed by atoms with Crippen LogP contribution in [-0.2, 0) is 16.0 Å². The molecule has 1 atom stereocenters. The van der Waals surface area contributed by atoms with Gasteiger partial charge in [0.15, 0.2) is 0 Å². The van der Waals surface area contributed by atoms with E-state index in [1.54, 1.807) is 6.20 Å². The summed E-state index contributed by atoms with van der Waals surface area (Å²) in [6.45, 7) is 2.25. The van der Waals surface area contributed by atoms with Gasteiger partial charge in [-0.25, -0.2) is 9.78 Å². The Kier molecular flexibility index (Phi) is 20.0. The first-order valence-corrected chi connectivity index (χ1v) is 11.8. The van der Waals surface area contributed by atoms with Crippen LogP contribution in [0.4, 0.5) is 0 Å². The molecule has 0 aliphatic rings. The molecule has 0 radical (unpaired) electrons. The number of carboxylic acids is 1. The van der Waals surface area contributed by atoms with Crippen LogP contribution in [0.5, 0.6) is 0 Å². The fraction of sp³-hybridized carbons (Fsp3) is 0.708. The number of H-pyrrole nitrogens is 1. The molecule has 0 aromatic carbocycles. The van der Waals surface area contributed by atoms with Gasteiger partial charge in [0, 0.05) is 24.7 Å². The van der Waals surface area contributed by atoms with Crippen LogP contribution in [0.15, 0.2) is 24.7 Å². The van der Waals surface area contributed by atoms with Crippen molar-refractivity contribution in [3.05, 3.63) is 30.4 Å². The van der Waals surface area contributed by atoms with E-state index in [4.69, 9.17) is 0 Å². The number of aliphatic carboxylic acids is 1. The summed E-state index contributed by atoms with van der Waals surface area (Å²) in [6.07, 6.45) is 24.1. The van der Waals surface area contributed by atoms with Crippen LogP contribution in [0.3, 0.4) is 0 Å². The number of aromatic amines is 1. The summed E-state index contributed by atoms with van der Waals surface area (Å²) in [5.74, 6) is -1.22. The number of rotatable bonds is 19. The minimum Gasteiger partial charge on any atom is -1.00 e. The zero-order valence-corrected chi connectivity index (χ0v) is 21.7. The van der Waals surface area contributed by atoms with Gasteiger partial charge in [0.1, 0.15) is 6.04 Å². The number of carboxylic acid groups (broad SMARTS) is 1. The number of unbranched alkanes of at least 4 members (excludes halogenated alkanes) is 11. The van der Waals surface area contributed by atoms with Gasteiger partial charge in [0.05, 0.1) is 6.33 Å². The van der Waals surface area contributed by atoms with E-state index in [1.165, 1.54) is 64.1 Å². The van der Waals surface area contributed by atoms with Crippen LogP contribution in [0.2, 0.25) is 0 Å². The predicted octanol–water partition coefficient (Wildman–Crippen LogP) is 2.68. The van der Waals surface area contributed by atoms with E-state index >= 15 is 0 Å². The molecule has 0 spiro atoms. The average Bonchev–Trinajstić information content (AvgIpc) is 3.23. The second kappa shape index (κ2) is 20.8. The van der Waals surface area contributed by atoms with Crippen LogP contribution in [0.1, 0.15) is 104 Å². The molecule has 1 amide bonds. The molecule has 1 rings (SSSR count). The minimum atomic E-state index is -1.03. The summed E-state index contributed by atoms with van der Waals surface area (Å²) in [5.41, 5.74) is 0.698.